The number of ether oxygens (including phenoxy) is 3. The fourth-order valence-electron chi connectivity index (χ4n) is 2.51. The molecule has 0 saturated heterocycles. The lowest BCUT2D eigenvalue weighted by atomic mass is 10.1. The maximum Gasteiger partial charge on any atom is 0.273 e. The molecule has 2 aromatic rings. The minimum Gasteiger partial charge on any atom is -0.493 e. The summed E-state index contributed by atoms with van der Waals surface area (Å²) in [6.45, 7) is 2.28. The Morgan fingerprint density at radius 2 is 1.88 bits per heavy atom. The second kappa shape index (κ2) is 9.10. The van der Waals surface area contributed by atoms with Gasteiger partial charge in [-0.1, -0.05) is 13.3 Å². The second-order valence-electron chi connectivity index (χ2n) is 5.68. The molecule has 0 aliphatic rings. The van der Waals surface area contributed by atoms with Crippen molar-refractivity contribution in [3.05, 3.63) is 35.5 Å². The summed E-state index contributed by atoms with van der Waals surface area (Å²) in [7, 11) is 4.61. The predicted molar refractivity (Wildman–Crippen MR) is 95.6 cm³/mol. The van der Waals surface area contributed by atoms with Gasteiger partial charge in [0.2, 0.25) is 11.6 Å². The smallest absolute Gasteiger partial charge is 0.273 e. The van der Waals surface area contributed by atoms with E-state index >= 15 is 0 Å². The number of aromatic nitrogens is 1. The number of carbonyl (C=O) groups is 1. The second-order valence-corrected chi connectivity index (χ2v) is 5.68. The first-order chi connectivity index (χ1) is 12.5. The van der Waals surface area contributed by atoms with Crippen molar-refractivity contribution in [1.29, 1.82) is 0 Å². The van der Waals surface area contributed by atoms with Gasteiger partial charge in [0.1, 0.15) is 6.26 Å². The van der Waals surface area contributed by atoms with Gasteiger partial charge in [-0.05, 0) is 24.1 Å². The van der Waals surface area contributed by atoms with Crippen LogP contribution in [0, 0.1) is 0 Å². The maximum absolute atomic E-state index is 12.3. The molecular formula is C18H25N3O5. The van der Waals surface area contributed by atoms with Crippen LogP contribution in [0.2, 0.25) is 0 Å². The molecule has 0 spiro atoms. The number of oxazole rings is 1. The van der Waals surface area contributed by atoms with E-state index < -0.39 is 0 Å². The highest BCUT2D eigenvalue weighted by Crippen LogP contribution is 2.38. The van der Waals surface area contributed by atoms with E-state index in [1.54, 1.807) is 12.1 Å². The zero-order valence-electron chi connectivity index (χ0n) is 15.5. The first-order valence-corrected chi connectivity index (χ1v) is 8.32. The number of hydrogen-bond donors (Lipinski definition) is 2. The Hall–Kier alpha value is -2.74. The van der Waals surface area contributed by atoms with Gasteiger partial charge in [0.05, 0.1) is 27.4 Å². The normalized spacial score (nSPS) is 11.7. The van der Waals surface area contributed by atoms with Gasteiger partial charge in [0, 0.05) is 6.54 Å². The molecule has 0 radical (unpaired) electrons. The Balaban J connectivity index is 2.07. The number of amides is 1. The third kappa shape index (κ3) is 4.45. The number of nitrogens with zero attached hydrogens (tertiary/aromatic N) is 1. The minimum atomic E-state index is -0.350. The van der Waals surface area contributed by atoms with E-state index in [-0.39, 0.29) is 24.2 Å². The lowest BCUT2D eigenvalue weighted by Crippen LogP contribution is -2.23. The summed E-state index contributed by atoms with van der Waals surface area (Å²) in [5, 5.41) is 2.79. The minimum absolute atomic E-state index is 0.194. The highest BCUT2D eigenvalue weighted by atomic mass is 16.5. The molecule has 8 nitrogen and oxygen atoms in total. The fourth-order valence-corrected chi connectivity index (χ4v) is 2.51. The molecule has 1 unspecified atom stereocenters. The van der Waals surface area contributed by atoms with E-state index in [1.807, 2.05) is 6.92 Å². The quantitative estimate of drug-likeness (QED) is 0.704. The molecule has 0 fully saturated rings. The van der Waals surface area contributed by atoms with Crippen molar-refractivity contribution in [1.82, 2.24) is 10.3 Å². The van der Waals surface area contributed by atoms with Gasteiger partial charge < -0.3 is 29.7 Å². The summed E-state index contributed by atoms with van der Waals surface area (Å²) in [5.41, 5.74) is 6.93. The highest BCUT2D eigenvalue weighted by Gasteiger charge is 2.17. The van der Waals surface area contributed by atoms with Gasteiger partial charge in [0.15, 0.2) is 17.2 Å². The summed E-state index contributed by atoms with van der Waals surface area (Å²) in [6, 6.07) is 3.23. The van der Waals surface area contributed by atoms with E-state index in [9.17, 15) is 4.79 Å². The average Bonchev–Trinajstić information content (AvgIpc) is 3.15. The van der Waals surface area contributed by atoms with Crippen molar-refractivity contribution in [2.24, 2.45) is 5.73 Å². The number of nitrogens with two attached hydrogens (primary N) is 1. The van der Waals surface area contributed by atoms with Crippen molar-refractivity contribution in [2.75, 3.05) is 21.3 Å². The van der Waals surface area contributed by atoms with E-state index in [4.69, 9.17) is 24.4 Å². The number of benzene rings is 1. The Labute approximate surface area is 152 Å². The van der Waals surface area contributed by atoms with Crippen LogP contribution in [0.4, 0.5) is 0 Å². The zero-order chi connectivity index (χ0) is 19.1. The van der Waals surface area contributed by atoms with Crippen LogP contribution in [0.3, 0.4) is 0 Å². The van der Waals surface area contributed by atoms with Crippen LogP contribution >= 0.6 is 0 Å². The average molecular weight is 363 g/mol. The standard InChI is InChI=1S/C18H25N3O5/c1-5-6-12(19)18-21-13(10-26-18)17(22)20-9-11-7-14(23-2)16(25-4)15(8-11)24-3/h7-8,10,12H,5-6,9,19H2,1-4H3,(H,20,22). The lowest BCUT2D eigenvalue weighted by molar-refractivity contribution is 0.0945. The molecule has 8 heteroatoms. The number of nitrogens with one attached hydrogen (secondary N) is 1. The lowest BCUT2D eigenvalue weighted by Gasteiger charge is -2.14. The summed E-state index contributed by atoms with van der Waals surface area (Å²) in [6.07, 6.45) is 2.97. The Morgan fingerprint density at radius 1 is 1.23 bits per heavy atom. The molecule has 0 aliphatic carbocycles. The van der Waals surface area contributed by atoms with E-state index in [0.717, 1.165) is 18.4 Å². The van der Waals surface area contributed by atoms with E-state index in [0.29, 0.717) is 23.1 Å². The van der Waals surface area contributed by atoms with Crippen LogP contribution in [0.15, 0.2) is 22.8 Å². The molecule has 1 heterocycles. The third-order valence-electron chi connectivity index (χ3n) is 3.85. The van der Waals surface area contributed by atoms with Crippen LogP contribution in [0.1, 0.15) is 47.7 Å². The van der Waals surface area contributed by atoms with Gasteiger partial charge in [-0.3, -0.25) is 4.79 Å². The highest BCUT2D eigenvalue weighted by molar-refractivity contribution is 5.91. The zero-order valence-corrected chi connectivity index (χ0v) is 15.5. The van der Waals surface area contributed by atoms with Crippen molar-refractivity contribution in [3.63, 3.8) is 0 Å². The molecule has 1 atom stereocenters. The summed E-state index contributed by atoms with van der Waals surface area (Å²) in [5.74, 6) is 1.55. The van der Waals surface area contributed by atoms with Crippen molar-refractivity contribution in [2.45, 2.75) is 32.4 Å². The number of rotatable bonds is 9. The largest absolute Gasteiger partial charge is 0.493 e. The number of methoxy groups -OCH3 is 3. The van der Waals surface area contributed by atoms with Crippen molar-refractivity contribution >= 4 is 5.91 Å². The maximum atomic E-state index is 12.3. The van der Waals surface area contributed by atoms with Crippen LogP contribution in [-0.4, -0.2) is 32.2 Å². The van der Waals surface area contributed by atoms with E-state index in [2.05, 4.69) is 10.3 Å². The molecule has 142 valence electrons. The first kappa shape index (κ1) is 19.6. The Morgan fingerprint density at radius 3 is 2.42 bits per heavy atom. The van der Waals surface area contributed by atoms with E-state index in [1.165, 1.54) is 27.6 Å². The van der Waals surface area contributed by atoms with Crippen LogP contribution in [0.5, 0.6) is 17.2 Å². The molecule has 0 saturated carbocycles. The van der Waals surface area contributed by atoms with Crippen LogP contribution < -0.4 is 25.3 Å². The molecule has 2 rings (SSSR count). The molecule has 1 aromatic carbocycles. The van der Waals surface area contributed by atoms with Gasteiger partial charge in [-0.15, -0.1) is 0 Å². The number of carbonyl (C=O) groups excluding carboxylic acids is 1. The Kier molecular flexibility index (Phi) is 6.85. The summed E-state index contributed by atoms with van der Waals surface area (Å²) in [4.78, 5) is 16.4. The van der Waals surface area contributed by atoms with Crippen molar-refractivity contribution in [3.8, 4) is 17.2 Å². The molecule has 1 amide bonds. The van der Waals surface area contributed by atoms with Crippen LogP contribution in [-0.2, 0) is 6.54 Å². The monoisotopic (exact) mass is 363 g/mol. The van der Waals surface area contributed by atoms with Gasteiger partial charge in [-0.25, -0.2) is 4.98 Å². The fraction of sp³-hybridized carbons (Fsp3) is 0.444. The van der Waals surface area contributed by atoms with Crippen molar-refractivity contribution < 1.29 is 23.4 Å². The van der Waals surface area contributed by atoms with Gasteiger partial charge in [0.25, 0.3) is 5.91 Å². The topological polar surface area (TPSA) is 109 Å². The molecule has 0 aliphatic heterocycles. The molecule has 26 heavy (non-hydrogen) atoms. The SMILES string of the molecule is CCCC(N)c1nc(C(=O)NCc2cc(OC)c(OC)c(OC)c2)co1. The first-order valence-electron chi connectivity index (χ1n) is 8.32. The summed E-state index contributed by atoms with van der Waals surface area (Å²) < 4.78 is 21.2. The molecule has 1 aromatic heterocycles. The molecule has 0 bridgehead atoms. The van der Waals surface area contributed by atoms with Gasteiger partial charge >= 0.3 is 0 Å². The number of hydrogen-bond acceptors (Lipinski definition) is 7. The van der Waals surface area contributed by atoms with Crippen LogP contribution in [0.25, 0.3) is 0 Å². The molecule has 3 N–H and O–H groups in total. The third-order valence-corrected chi connectivity index (χ3v) is 3.85. The Bertz CT molecular complexity index is 719. The molecular weight excluding hydrogens is 338 g/mol. The summed E-state index contributed by atoms with van der Waals surface area (Å²) >= 11 is 0. The van der Waals surface area contributed by atoms with Gasteiger partial charge in [-0.2, -0.15) is 0 Å². The predicted octanol–water partition coefficient (Wildman–Crippen LogP) is 2.43.